The first-order valence-corrected chi connectivity index (χ1v) is 4.12. The Labute approximate surface area is 76.4 Å². The molecule has 1 unspecified atom stereocenters. The average molecular weight is 187 g/mol. The summed E-state index contributed by atoms with van der Waals surface area (Å²) < 4.78 is 13.6. The van der Waals surface area contributed by atoms with E-state index < -0.39 is 12.8 Å². The molecule has 0 aliphatic carbocycles. The molecule has 1 atom stereocenters. The van der Waals surface area contributed by atoms with Gasteiger partial charge in [-0.25, -0.2) is 4.39 Å². The molecule has 0 radical (unpaired) electrons. The Morgan fingerprint density at radius 2 is 2.46 bits per heavy atom. The Hall–Kier alpha value is -1.10. The van der Waals surface area contributed by atoms with E-state index in [0.29, 0.717) is 5.82 Å². The van der Waals surface area contributed by atoms with E-state index in [-0.39, 0.29) is 6.54 Å². The molecule has 0 bridgehead atoms. The number of anilines is 1. The number of hydrogen-bond donors (Lipinski definition) is 2. The lowest BCUT2D eigenvalue weighted by Crippen LogP contribution is -2.21. The van der Waals surface area contributed by atoms with Crippen molar-refractivity contribution < 1.29 is 9.50 Å². The standard InChI is InChI=1S/C8H14FN3O/c1-6-3-8(11-12(6)2)10-5-7(13)4-9/h3,7,13H,4-5H2,1-2H3,(H,10,11). The number of aliphatic hydroxyl groups excluding tert-OH is 1. The van der Waals surface area contributed by atoms with Crippen molar-refractivity contribution in [2.75, 3.05) is 18.5 Å². The van der Waals surface area contributed by atoms with E-state index in [0.717, 1.165) is 5.69 Å². The molecule has 0 spiro atoms. The molecule has 2 N–H and O–H groups in total. The maximum Gasteiger partial charge on any atom is 0.148 e. The van der Waals surface area contributed by atoms with Crippen LogP contribution in [0, 0.1) is 6.92 Å². The summed E-state index contributed by atoms with van der Waals surface area (Å²) in [5, 5.41) is 15.8. The molecule has 5 heteroatoms. The normalized spacial score (nSPS) is 12.9. The number of nitrogens with zero attached hydrogens (tertiary/aromatic N) is 2. The molecule has 0 saturated heterocycles. The summed E-state index contributed by atoms with van der Waals surface area (Å²) in [5.74, 6) is 0.660. The molecule has 13 heavy (non-hydrogen) atoms. The third-order valence-corrected chi connectivity index (χ3v) is 1.81. The highest BCUT2D eigenvalue weighted by Gasteiger charge is 2.04. The summed E-state index contributed by atoms with van der Waals surface area (Å²) in [5.41, 5.74) is 1.01. The summed E-state index contributed by atoms with van der Waals surface area (Å²) in [4.78, 5) is 0. The maximum absolute atomic E-state index is 11.9. The van der Waals surface area contributed by atoms with Crippen LogP contribution in [0.2, 0.25) is 0 Å². The molecular formula is C8H14FN3O. The number of aliphatic hydroxyl groups is 1. The van der Waals surface area contributed by atoms with E-state index >= 15 is 0 Å². The molecule has 1 heterocycles. The number of nitrogens with one attached hydrogen (secondary N) is 1. The lowest BCUT2D eigenvalue weighted by atomic mass is 10.4. The minimum absolute atomic E-state index is 0.187. The quantitative estimate of drug-likeness (QED) is 0.720. The molecule has 1 aromatic rings. The van der Waals surface area contributed by atoms with E-state index in [4.69, 9.17) is 5.11 Å². The lowest BCUT2D eigenvalue weighted by molar-refractivity contribution is 0.151. The monoisotopic (exact) mass is 187 g/mol. The molecule has 0 aromatic carbocycles. The second kappa shape index (κ2) is 4.23. The zero-order chi connectivity index (χ0) is 9.84. The first-order chi connectivity index (χ1) is 6.13. The van der Waals surface area contributed by atoms with E-state index in [1.165, 1.54) is 0 Å². The van der Waals surface area contributed by atoms with Gasteiger partial charge in [-0.1, -0.05) is 0 Å². The second-order valence-corrected chi connectivity index (χ2v) is 2.98. The third-order valence-electron chi connectivity index (χ3n) is 1.81. The van der Waals surface area contributed by atoms with Crippen molar-refractivity contribution in [1.82, 2.24) is 9.78 Å². The molecule has 1 rings (SSSR count). The minimum atomic E-state index is -0.956. The van der Waals surface area contributed by atoms with Crippen LogP contribution < -0.4 is 5.32 Å². The van der Waals surface area contributed by atoms with Gasteiger partial charge in [-0.05, 0) is 6.92 Å². The molecular weight excluding hydrogens is 173 g/mol. The van der Waals surface area contributed by atoms with Crippen molar-refractivity contribution in [2.45, 2.75) is 13.0 Å². The Morgan fingerprint density at radius 1 is 1.77 bits per heavy atom. The van der Waals surface area contributed by atoms with Crippen molar-refractivity contribution in [3.63, 3.8) is 0 Å². The van der Waals surface area contributed by atoms with Crippen molar-refractivity contribution in [1.29, 1.82) is 0 Å². The number of aryl methyl sites for hydroxylation is 2. The van der Waals surface area contributed by atoms with Gasteiger partial charge in [0.05, 0.1) is 6.10 Å². The van der Waals surface area contributed by atoms with Crippen molar-refractivity contribution in [2.24, 2.45) is 7.05 Å². The van der Waals surface area contributed by atoms with Crippen LogP contribution in [0.25, 0.3) is 0 Å². The fraction of sp³-hybridized carbons (Fsp3) is 0.625. The van der Waals surface area contributed by atoms with Gasteiger partial charge in [0, 0.05) is 25.4 Å². The Morgan fingerprint density at radius 3 is 2.92 bits per heavy atom. The van der Waals surface area contributed by atoms with Crippen LogP contribution in [-0.4, -0.2) is 34.2 Å². The molecule has 74 valence electrons. The highest BCUT2D eigenvalue weighted by atomic mass is 19.1. The van der Waals surface area contributed by atoms with Gasteiger partial charge in [0.2, 0.25) is 0 Å². The first-order valence-electron chi connectivity index (χ1n) is 4.12. The SMILES string of the molecule is Cc1cc(NCC(O)CF)nn1C. The fourth-order valence-electron chi connectivity index (χ4n) is 0.924. The molecule has 1 aromatic heterocycles. The molecule has 0 saturated carbocycles. The highest BCUT2D eigenvalue weighted by Crippen LogP contribution is 2.06. The van der Waals surface area contributed by atoms with Gasteiger partial charge in [-0.3, -0.25) is 4.68 Å². The van der Waals surface area contributed by atoms with Crippen LogP contribution in [0.4, 0.5) is 10.2 Å². The van der Waals surface area contributed by atoms with Crippen molar-refractivity contribution >= 4 is 5.82 Å². The van der Waals surface area contributed by atoms with Gasteiger partial charge < -0.3 is 10.4 Å². The predicted molar refractivity (Wildman–Crippen MR) is 48.4 cm³/mol. The first kappa shape index (κ1) is 9.98. The summed E-state index contributed by atoms with van der Waals surface area (Å²) in [6, 6.07) is 1.84. The zero-order valence-corrected chi connectivity index (χ0v) is 7.79. The second-order valence-electron chi connectivity index (χ2n) is 2.98. The summed E-state index contributed by atoms with van der Waals surface area (Å²) in [7, 11) is 1.83. The number of rotatable bonds is 4. The van der Waals surface area contributed by atoms with Crippen molar-refractivity contribution in [3.05, 3.63) is 11.8 Å². The summed E-state index contributed by atoms with van der Waals surface area (Å²) >= 11 is 0. The van der Waals surface area contributed by atoms with Crippen LogP contribution >= 0.6 is 0 Å². The smallest absolute Gasteiger partial charge is 0.148 e. The number of halogens is 1. The summed E-state index contributed by atoms with van der Waals surface area (Å²) in [6.07, 6.45) is -0.956. The average Bonchev–Trinajstić information content (AvgIpc) is 2.42. The van der Waals surface area contributed by atoms with Gasteiger partial charge in [0.15, 0.2) is 0 Å². The third kappa shape index (κ3) is 2.69. The maximum atomic E-state index is 11.9. The van der Waals surface area contributed by atoms with Gasteiger partial charge >= 0.3 is 0 Å². The predicted octanol–water partition coefficient (Wildman–Crippen LogP) is 0.471. The van der Waals surface area contributed by atoms with E-state index in [9.17, 15) is 4.39 Å². The molecule has 0 amide bonds. The fourth-order valence-corrected chi connectivity index (χ4v) is 0.924. The van der Waals surface area contributed by atoms with E-state index in [1.54, 1.807) is 4.68 Å². The number of alkyl halides is 1. The topological polar surface area (TPSA) is 50.1 Å². The largest absolute Gasteiger partial charge is 0.389 e. The lowest BCUT2D eigenvalue weighted by Gasteiger charge is -2.05. The van der Waals surface area contributed by atoms with Crippen LogP contribution in [0.1, 0.15) is 5.69 Å². The Bertz CT molecular complexity index is 255. The van der Waals surface area contributed by atoms with E-state index in [1.807, 2.05) is 20.0 Å². The Kier molecular flexibility index (Phi) is 3.25. The van der Waals surface area contributed by atoms with Crippen LogP contribution in [0.5, 0.6) is 0 Å². The van der Waals surface area contributed by atoms with Crippen LogP contribution in [0.15, 0.2) is 6.07 Å². The minimum Gasteiger partial charge on any atom is -0.389 e. The van der Waals surface area contributed by atoms with Gasteiger partial charge in [0.25, 0.3) is 0 Å². The number of aromatic nitrogens is 2. The zero-order valence-electron chi connectivity index (χ0n) is 7.79. The van der Waals surface area contributed by atoms with Crippen LogP contribution in [0.3, 0.4) is 0 Å². The van der Waals surface area contributed by atoms with Gasteiger partial charge in [0.1, 0.15) is 12.5 Å². The van der Waals surface area contributed by atoms with Crippen molar-refractivity contribution in [3.8, 4) is 0 Å². The highest BCUT2D eigenvalue weighted by molar-refractivity contribution is 5.35. The van der Waals surface area contributed by atoms with Gasteiger partial charge in [-0.15, -0.1) is 0 Å². The Balaban J connectivity index is 2.45. The van der Waals surface area contributed by atoms with Crippen LogP contribution in [-0.2, 0) is 7.05 Å². The molecule has 0 fully saturated rings. The molecule has 0 aliphatic rings. The summed E-state index contributed by atoms with van der Waals surface area (Å²) in [6.45, 7) is 1.37. The van der Waals surface area contributed by atoms with E-state index in [2.05, 4.69) is 10.4 Å². The molecule has 4 nitrogen and oxygen atoms in total. The number of hydrogen-bond acceptors (Lipinski definition) is 3. The molecule has 0 aliphatic heterocycles. The van der Waals surface area contributed by atoms with Gasteiger partial charge in [-0.2, -0.15) is 5.10 Å².